The minimum atomic E-state index is -3.37. The molecule has 0 aliphatic carbocycles. The molecule has 7 heteroatoms. The zero-order valence-corrected chi connectivity index (χ0v) is 14.1. The molecule has 0 fully saturated rings. The number of hydrogen-bond acceptors (Lipinski definition) is 2. The molecule has 0 unspecified atom stereocenters. The molecule has 0 N–H and O–H groups in total. The van der Waals surface area contributed by atoms with Crippen LogP contribution in [0.25, 0.3) is 0 Å². The molecule has 1 heterocycles. The van der Waals surface area contributed by atoms with Gasteiger partial charge in [-0.25, -0.2) is 3.97 Å². The van der Waals surface area contributed by atoms with Gasteiger partial charge in [0, 0.05) is 30.1 Å². The van der Waals surface area contributed by atoms with Crippen LogP contribution in [0.3, 0.4) is 0 Å². The fourth-order valence-corrected chi connectivity index (χ4v) is 6.59. The van der Waals surface area contributed by atoms with Gasteiger partial charge in [0.05, 0.1) is 8.07 Å². The highest BCUT2D eigenvalue weighted by Crippen LogP contribution is 2.13. The van der Waals surface area contributed by atoms with Crippen molar-refractivity contribution in [3.05, 3.63) is 16.0 Å². The molecule has 0 radical (unpaired) electrons. The van der Waals surface area contributed by atoms with Gasteiger partial charge < -0.3 is 0 Å². The number of aromatic nitrogens is 1. The summed E-state index contributed by atoms with van der Waals surface area (Å²) in [6, 6.07) is 0. The molecular formula is C9H17IN2O2SSi. The summed E-state index contributed by atoms with van der Waals surface area (Å²) < 4.78 is 27.4. The molecule has 0 atom stereocenters. The highest BCUT2D eigenvalue weighted by atomic mass is 127. The Morgan fingerprint density at radius 2 is 1.75 bits per heavy atom. The van der Waals surface area contributed by atoms with Crippen molar-refractivity contribution in [3.63, 3.8) is 0 Å². The van der Waals surface area contributed by atoms with Crippen molar-refractivity contribution in [1.29, 1.82) is 0 Å². The fraction of sp³-hybridized carbons (Fsp3) is 0.556. The van der Waals surface area contributed by atoms with E-state index in [2.05, 4.69) is 42.2 Å². The highest BCUT2D eigenvalue weighted by molar-refractivity contribution is 14.1. The molecule has 1 aromatic heterocycles. The second-order valence-electron chi connectivity index (χ2n) is 4.89. The van der Waals surface area contributed by atoms with Crippen molar-refractivity contribution in [2.75, 3.05) is 14.1 Å². The lowest BCUT2D eigenvalue weighted by molar-refractivity contribution is 0.511. The van der Waals surface area contributed by atoms with E-state index in [0.29, 0.717) is 0 Å². The monoisotopic (exact) mass is 372 g/mol. The predicted molar refractivity (Wildman–Crippen MR) is 78.1 cm³/mol. The molecule has 0 aliphatic rings. The van der Waals surface area contributed by atoms with Crippen LogP contribution in [0, 0.1) is 3.57 Å². The van der Waals surface area contributed by atoms with Crippen LogP contribution in [-0.2, 0) is 10.2 Å². The van der Waals surface area contributed by atoms with E-state index < -0.39 is 18.3 Å². The van der Waals surface area contributed by atoms with Gasteiger partial charge in [-0.2, -0.15) is 12.7 Å². The molecule has 1 aromatic rings. The number of nitrogens with zero attached hydrogens (tertiary/aromatic N) is 2. The van der Waals surface area contributed by atoms with Gasteiger partial charge >= 0.3 is 10.2 Å². The third-order valence-corrected chi connectivity index (χ3v) is 7.34. The van der Waals surface area contributed by atoms with Crippen LogP contribution >= 0.6 is 22.6 Å². The molecule has 0 bridgehead atoms. The molecule has 0 saturated carbocycles. The first kappa shape index (κ1) is 14.2. The lowest BCUT2D eigenvalue weighted by Gasteiger charge is -2.15. The van der Waals surface area contributed by atoms with Gasteiger partial charge in [-0.3, -0.25) is 0 Å². The van der Waals surface area contributed by atoms with Crippen LogP contribution in [0.2, 0.25) is 19.6 Å². The van der Waals surface area contributed by atoms with Crippen molar-refractivity contribution in [2.45, 2.75) is 19.6 Å². The third kappa shape index (κ3) is 2.69. The smallest absolute Gasteiger partial charge is 0.239 e. The standard InChI is InChI=1S/C9H17IN2O2SSi/c1-11(2)15(13,14)12-6-8(10)9(7-12)16(3,4)5/h6-7H,1-5H3. The van der Waals surface area contributed by atoms with Crippen molar-refractivity contribution in [2.24, 2.45) is 0 Å². The Balaban J connectivity index is 3.33. The van der Waals surface area contributed by atoms with E-state index in [0.717, 1.165) is 3.57 Å². The Kier molecular flexibility index (Phi) is 3.93. The van der Waals surface area contributed by atoms with E-state index in [1.165, 1.54) is 27.6 Å². The maximum atomic E-state index is 11.9. The highest BCUT2D eigenvalue weighted by Gasteiger charge is 2.25. The van der Waals surface area contributed by atoms with Crippen LogP contribution in [0.15, 0.2) is 12.4 Å². The number of rotatable bonds is 3. The quantitative estimate of drug-likeness (QED) is 0.593. The normalized spacial score (nSPS) is 13.4. The summed E-state index contributed by atoms with van der Waals surface area (Å²) in [4.78, 5) is 0. The van der Waals surface area contributed by atoms with Gasteiger partial charge in [0.15, 0.2) is 0 Å². The molecule has 0 aromatic carbocycles. The second-order valence-corrected chi connectivity index (χ2v) is 13.1. The van der Waals surface area contributed by atoms with Gasteiger partial charge in [-0.05, 0) is 27.8 Å². The van der Waals surface area contributed by atoms with E-state index in [1.807, 2.05) is 0 Å². The van der Waals surface area contributed by atoms with Crippen LogP contribution in [-0.4, -0.2) is 38.9 Å². The topological polar surface area (TPSA) is 42.3 Å². The summed E-state index contributed by atoms with van der Waals surface area (Å²) in [5, 5.41) is 1.18. The summed E-state index contributed by atoms with van der Waals surface area (Å²) in [5.41, 5.74) is 0. The van der Waals surface area contributed by atoms with Crippen molar-refractivity contribution >= 4 is 46.1 Å². The second kappa shape index (κ2) is 4.43. The summed E-state index contributed by atoms with van der Waals surface area (Å²) in [6.45, 7) is 6.62. The zero-order valence-electron chi connectivity index (χ0n) is 10.2. The predicted octanol–water partition coefficient (Wildman–Crippen LogP) is 1.29. The Morgan fingerprint density at radius 1 is 1.25 bits per heavy atom. The van der Waals surface area contributed by atoms with Gasteiger partial charge in [0.25, 0.3) is 0 Å². The Hall–Kier alpha value is 0.137. The van der Waals surface area contributed by atoms with Crippen molar-refractivity contribution in [1.82, 2.24) is 8.28 Å². The van der Waals surface area contributed by atoms with Gasteiger partial charge in [0.2, 0.25) is 0 Å². The number of halogens is 1. The minimum Gasteiger partial charge on any atom is -0.239 e. The summed E-state index contributed by atoms with van der Waals surface area (Å²) >= 11 is 2.20. The van der Waals surface area contributed by atoms with Crippen LogP contribution < -0.4 is 5.19 Å². The molecule has 0 spiro atoms. The van der Waals surface area contributed by atoms with Crippen LogP contribution in [0.5, 0.6) is 0 Å². The molecule has 4 nitrogen and oxygen atoms in total. The lowest BCUT2D eigenvalue weighted by atomic mass is 10.7. The molecule has 92 valence electrons. The number of hydrogen-bond donors (Lipinski definition) is 0. The Labute approximate surface area is 112 Å². The molecule has 0 saturated heterocycles. The largest absolute Gasteiger partial charge is 0.306 e. The van der Waals surface area contributed by atoms with E-state index in [-0.39, 0.29) is 0 Å². The van der Waals surface area contributed by atoms with Crippen molar-refractivity contribution < 1.29 is 8.42 Å². The van der Waals surface area contributed by atoms with Crippen LogP contribution in [0.4, 0.5) is 0 Å². The van der Waals surface area contributed by atoms with E-state index in [4.69, 9.17) is 0 Å². The van der Waals surface area contributed by atoms with E-state index >= 15 is 0 Å². The molecule has 0 amide bonds. The summed E-state index contributed by atoms with van der Waals surface area (Å²) in [7, 11) is -1.78. The third-order valence-electron chi connectivity index (χ3n) is 2.29. The summed E-state index contributed by atoms with van der Waals surface area (Å²) in [5.74, 6) is 0. The average molecular weight is 372 g/mol. The lowest BCUT2D eigenvalue weighted by Crippen LogP contribution is -2.38. The zero-order chi connectivity index (χ0) is 12.7. The Morgan fingerprint density at radius 3 is 2.06 bits per heavy atom. The fourth-order valence-electron chi connectivity index (χ4n) is 1.28. The molecule has 0 aliphatic heterocycles. The van der Waals surface area contributed by atoms with E-state index in [9.17, 15) is 8.42 Å². The van der Waals surface area contributed by atoms with Gasteiger partial charge in [0.1, 0.15) is 0 Å². The molecule has 16 heavy (non-hydrogen) atoms. The first-order chi connectivity index (χ1) is 7.06. The van der Waals surface area contributed by atoms with Crippen molar-refractivity contribution in [3.8, 4) is 0 Å². The van der Waals surface area contributed by atoms with E-state index in [1.54, 1.807) is 12.4 Å². The SMILES string of the molecule is CN(C)S(=O)(=O)n1cc(I)c([Si](C)(C)C)c1. The Bertz CT molecular complexity index is 488. The maximum absolute atomic E-state index is 11.9. The first-order valence-corrected chi connectivity index (χ1v) is 10.9. The van der Waals surface area contributed by atoms with Gasteiger partial charge in [-0.1, -0.05) is 19.6 Å². The average Bonchev–Trinajstić information content (AvgIpc) is 2.46. The summed E-state index contributed by atoms with van der Waals surface area (Å²) in [6.07, 6.45) is 3.44. The van der Waals surface area contributed by atoms with Crippen LogP contribution in [0.1, 0.15) is 0 Å². The van der Waals surface area contributed by atoms with Gasteiger partial charge in [-0.15, -0.1) is 0 Å². The molecule has 1 rings (SSSR count). The first-order valence-electron chi connectivity index (χ1n) is 4.88. The maximum Gasteiger partial charge on any atom is 0.306 e. The minimum absolute atomic E-state index is 1.03. The molecular weight excluding hydrogens is 355 g/mol.